The zero-order valence-electron chi connectivity index (χ0n) is 10.3. The molecule has 0 aliphatic rings. The third-order valence-corrected chi connectivity index (χ3v) is 2.76. The van der Waals surface area contributed by atoms with Crippen LogP contribution in [-0.2, 0) is 5.54 Å². The minimum absolute atomic E-state index is 0.0963. The van der Waals surface area contributed by atoms with Crippen molar-refractivity contribution in [2.24, 2.45) is 0 Å². The average Bonchev–Trinajstić information content (AvgIpc) is 2.81. The molecule has 1 N–H and O–H groups in total. The van der Waals surface area contributed by atoms with E-state index in [0.717, 1.165) is 12.5 Å². The Hall–Kier alpha value is -1.95. The molecule has 0 atom stereocenters. The Morgan fingerprint density at radius 2 is 2.21 bits per heavy atom. The molecule has 7 heteroatoms. The molecule has 0 radical (unpaired) electrons. The largest absolute Gasteiger partial charge is 0.343 e. The van der Waals surface area contributed by atoms with Crippen molar-refractivity contribution in [3.8, 4) is 0 Å². The number of hydrogen-bond donors (Lipinski definition) is 1. The van der Waals surface area contributed by atoms with Gasteiger partial charge in [0.2, 0.25) is 6.39 Å². The van der Waals surface area contributed by atoms with Crippen LogP contribution in [0.25, 0.3) is 0 Å². The topological polar surface area (TPSA) is 68.0 Å². The maximum absolute atomic E-state index is 13.6. The van der Waals surface area contributed by atoms with E-state index in [-0.39, 0.29) is 10.6 Å². The highest BCUT2D eigenvalue weighted by Crippen LogP contribution is 2.19. The number of nitrogens with zero attached hydrogens (tertiary/aromatic N) is 2. The molecule has 2 rings (SSSR count). The van der Waals surface area contributed by atoms with Crippen LogP contribution in [-0.4, -0.2) is 16.0 Å². The molecular weight excluding hydrogens is 273 g/mol. The Kier molecular flexibility index (Phi) is 3.53. The van der Waals surface area contributed by atoms with Crippen molar-refractivity contribution in [3.63, 3.8) is 0 Å². The second-order valence-corrected chi connectivity index (χ2v) is 4.89. The van der Waals surface area contributed by atoms with Gasteiger partial charge in [-0.05, 0) is 32.0 Å². The van der Waals surface area contributed by atoms with Crippen molar-refractivity contribution in [1.82, 2.24) is 15.5 Å². The molecular formula is C12H11ClFN3O2. The van der Waals surface area contributed by atoms with Crippen molar-refractivity contribution in [2.45, 2.75) is 19.4 Å². The van der Waals surface area contributed by atoms with Gasteiger partial charge in [-0.15, -0.1) is 0 Å². The predicted octanol–water partition coefficient (Wildman–Crippen LogP) is 2.53. The van der Waals surface area contributed by atoms with Crippen molar-refractivity contribution >= 4 is 17.5 Å². The van der Waals surface area contributed by atoms with E-state index in [9.17, 15) is 9.18 Å². The van der Waals surface area contributed by atoms with Gasteiger partial charge in [0.05, 0.1) is 11.1 Å². The fourth-order valence-corrected chi connectivity index (χ4v) is 1.69. The van der Waals surface area contributed by atoms with E-state index in [1.165, 1.54) is 12.1 Å². The number of hydrogen-bond acceptors (Lipinski definition) is 4. The normalized spacial score (nSPS) is 11.4. The number of rotatable bonds is 3. The summed E-state index contributed by atoms with van der Waals surface area (Å²) >= 11 is 5.63. The van der Waals surface area contributed by atoms with Gasteiger partial charge in [0.25, 0.3) is 5.91 Å². The highest BCUT2D eigenvalue weighted by molar-refractivity contribution is 6.30. The predicted molar refractivity (Wildman–Crippen MR) is 66.2 cm³/mol. The molecule has 0 saturated heterocycles. The van der Waals surface area contributed by atoms with E-state index < -0.39 is 17.3 Å². The van der Waals surface area contributed by atoms with E-state index in [4.69, 9.17) is 11.6 Å². The molecule has 1 amide bonds. The number of amides is 1. The van der Waals surface area contributed by atoms with Crippen LogP contribution in [0.3, 0.4) is 0 Å². The van der Waals surface area contributed by atoms with Crippen molar-refractivity contribution in [1.29, 1.82) is 0 Å². The first kappa shape index (κ1) is 13.5. The Morgan fingerprint density at radius 3 is 2.79 bits per heavy atom. The number of carbonyl (C=O) groups is 1. The maximum Gasteiger partial charge on any atom is 0.255 e. The van der Waals surface area contributed by atoms with E-state index in [1.54, 1.807) is 13.8 Å². The minimum Gasteiger partial charge on any atom is -0.343 e. The monoisotopic (exact) mass is 283 g/mol. The molecule has 1 aromatic carbocycles. The van der Waals surface area contributed by atoms with Gasteiger partial charge in [-0.2, -0.15) is 4.98 Å². The van der Waals surface area contributed by atoms with Crippen LogP contribution in [0.5, 0.6) is 0 Å². The standard InChI is InChI=1S/C12H11ClFN3O2/c1-12(2,11-15-6-19-17-11)16-10(18)8-4-3-7(13)5-9(8)14/h3-6H,1-2H3,(H,16,18). The molecule has 0 aliphatic heterocycles. The third-order valence-electron chi connectivity index (χ3n) is 2.52. The van der Waals surface area contributed by atoms with Crippen LogP contribution in [0.2, 0.25) is 5.02 Å². The van der Waals surface area contributed by atoms with Gasteiger partial charge in [0, 0.05) is 5.02 Å². The first-order valence-corrected chi connectivity index (χ1v) is 5.82. The van der Waals surface area contributed by atoms with E-state index in [1.807, 2.05) is 0 Å². The molecule has 1 heterocycles. The van der Waals surface area contributed by atoms with E-state index in [0.29, 0.717) is 5.82 Å². The van der Waals surface area contributed by atoms with Gasteiger partial charge in [-0.3, -0.25) is 4.79 Å². The summed E-state index contributed by atoms with van der Waals surface area (Å²) < 4.78 is 18.2. The molecule has 19 heavy (non-hydrogen) atoms. The van der Waals surface area contributed by atoms with Crippen LogP contribution in [0.15, 0.2) is 29.1 Å². The summed E-state index contributed by atoms with van der Waals surface area (Å²) in [6.07, 6.45) is 1.16. The molecule has 0 aliphatic carbocycles. The summed E-state index contributed by atoms with van der Waals surface area (Å²) in [6.45, 7) is 3.37. The highest BCUT2D eigenvalue weighted by atomic mass is 35.5. The van der Waals surface area contributed by atoms with Crippen molar-refractivity contribution < 1.29 is 13.7 Å². The summed E-state index contributed by atoms with van der Waals surface area (Å²) in [5.74, 6) is -0.965. The second kappa shape index (κ2) is 4.97. The smallest absolute Gasteiger partial charge is 0.255 e. The van der Waals surface area contributed by atoms with Crippen LogP contribution in [0.4, 0.5) is 4.39 Å². The Labute approximate surface area is 113 Å². The first-order valence-electron chi connectivity index (χ1n) is 5.44. The average molecular weight is 284 g/mol. The van der Waals surface area contributed by atoms with Crippen molar-refractivity contribution in [2.75, 3.05) is 0 Å². The number of aromatic nitrogens is 2. The fourth-order valence-electron chi connectivity index (χ4n) is 1.53. The van der Waals surface area contributed by atoms with Crippen LogP contribution in [0, 0.1) is 5.82 Å². The molecule has 0 unspecified atom stereocenters. The summed E-state index contributed by atoms with van der Waals surface area (Å²) in [5, 5.41) is 6.51. The second-order valence-electron chi connectivity index (χ2n) is 4.46. The van der Waals surface area contributed by atoms with Gasteiger partial charge in [0.15, 0.2) is 5.82 Å². The summed E-state index contributed by atoms with van der Waals surface area (Å²) in [6, 6.07) is 3.85. The van der Waals surface area contributed by atoms with Gasteiger partial charge in [0.1, 0.15) is 5.82 Å². The molecule has 100 valence electrons. The molecule has 0 fully saturated rings. The maximum atomic E-state index is 13.6. The molecule has 1 aromatic heterocycles. The van der Waals surface area contributed by atoms with Crippen LogP contribution in [0.1, 0.15) is 30.0 Å². The fraction of sp³-hybridized carbons (Fsp3) is 0.250. The highest BCUT2D eigenvalue weighted by Gasteiger charge is 2.28. The van der Waals surface area contributed by atoms with Gasteiger partial charge in [-0.1, -0.05) is 16.8 Å². The van der Waals surface area contributed by atoms with Crippen LogP contribution < -0.4 is 5.32 Å². The number of nitrogens with one attached hydrogen (secondary N) is 1. The lowest BCUT2D eigenvalue weighted by molar-refractivity contribution is 0.0903. The zero-order valence-corrected chi connectivity index (χ0v) is 11.0. The summed E-state index contributed by atoms with van der Waals surface area (Å²) in [5.41, 5.74) is -0.975. The Bertz CT molecular complexity index is 599. The Balaban J connectivity index is 2.21. The molecule has 5 nitrogen and oxygen atoms in total. The lowest BCUT2D eigenvalue weighted by atomic mass is 10.0. The lowest BCUT2D eigenvalue weighted by Gasteiger charge is -2.22. The molecule has 2 aromatic rings. The van der Waals surface area contributed by atoms with E-state index in [2.05, 4.69) is 20.0 Å². The summed E-state index contributed by atoms with van der Waals surface area (Å²) in [7, 11) is 0. The van der Waals surface area contributed by atoms with Gasteiger partial charge >= 0.3 is 0 Å². The molecule has 0 saturated carbocycles. The number of carbonyl (C=O) groups excluding carboxylic acids is 1. The molecule has 0 spiro atoms. The third kappa shape index (κ3) is 2.90. The number of halogens is 2. The Morgan fingerprint density at radius 1 is 1.47 bits per heavy atom. The summed E-state index contributed by atoms with van der Waals surface area (Å²) in [4.78, 5) is 15.9. The quantitative estimate of drug-likeness (QED) is 0.940. The van der Waals surface area contributed by atoms with Crippen molar-refractivity contribution in [3.05, 3.63) is 46.8 Å². The van der Waals surface area contributed by atoms with Crippen LogP contribution >= 0.6 is 11.6 Å². The van der Waals surface area contributed by atoms with E-state index >= 15 is 0 Å². The minimum atomic E-state index is -0.879. The first-order chi connectivity index (χ1) is 8.90. The van der Waals surface area contributed by atoms with Gasteiger partial charge < -0.3 is 9.84 Å². The molecule has 0 bridgehead atoms. The SMILES string of the molecule is CC(C)(NC(=O)c1ccc(Cl)cc1F)c1ncon1. The van der Waals surface area contributed by atoms with Gasteiger partial charge in [-0.25, -0.2) is 4.39 Å². The zero-order chi connectivity index (χ0) is 14.0. The number of benzene rings is 1. The lowest BCUT2D eigenvalue weighted by Crippen LogP contribution is -2.42.